The van der Waals surface area contributed by atoms with Crippen LogP contribution in [0.3, 0.4) is 0 Å². The molecule has 4 aliphatic carbocycles. The number of non-ortho nitro benzene ring substituents is 1. The fraction of sp³-hybridized carbons (Fsp3) is 0.318. The van der Waals surface area contributed by atoms with Gasteiger partial charge in [-0.25, -0.2) is 0 Å². The first-order valence-electron chi connectivity index (χ1n) is 10.1. The van der Waals surface area contributed by atoms with Gasteiger partial charge in [-0.15, -0.1) is 0 Å². The van der Waals surface area contributed by atoms with Gasteiger partial charge in [-0.05, 0) is 48.3 Å². The third kappa shape index (κ3) is 2.64. The monoisotopic (exact) mass is 437 g/mol. The Bertz CT molecular complexity index is 1180. The van der Waals surface area contributed by atoms with Crippen LogP contribution in [0.2, 0.25) is 5.02 Å². The molecule has 31 heavy (non-hydrogen) atoms. The number of imide groups is 1. The smallest absolute Gasteiger partial charge is 0.270 e. The summed E-state index contributed by atoms with van der Waals surface area (Å²) >= 11 is 6.15. The number of benzene rings is 1. The molecule has 6 atom stereocenters. The van der Waals surface area contributed by atoms with E-state index in [0.717, 1.165) is 11.4 Å². The van der Waals surface area contributed by atoms with Gasteiger partial charge < -0.3 is 4.42 Å². The summed E-state index contributed by atoms with van der Waals surface area (Å²) in [5.74, 6) is 1.05. The number of furan rings is 1. The average Bonchev–Trinajstić information content (AvgIpc) is 3.40. The summed E-state index contributed by atoms with van der Waals surface area (Å²) in [6.07, 6.45) is 6.68. The fourth-order valence-electron chi connectivity index (χ4n) is 5.55. The maximum Gasteiger partial charge on any atom is 0.270 e. The Morgan fingerprint density at radius 3 is 2.39 bits per heavy atom. The molecule has 2 aromatic rings. The van der Waals surface area contributed by atoms with Gasteiger partial charge in [0.15, 0.2) is 0 Å². The zero-order valence-electron chi connectivity index (χ0n) is 16.1. The topological polar surface area (TPSA) is 106 Å². The number of nitro groups is 1. The predicted molar refractivity (Wildman–Crippen MR) is 110 cm³/mol. The normalized spacial score (nSPS) is 32.6. The first-order valence-corrected chi connectivity index (χ1v) is 10.5. The van der Waals surface area contributed by atoms with Gasteiger partial charge in [0.1, 0.15) is 11.5 Å². The lowest BCUT2D eigenvalue weighted by Crippen LogP contribution is -2.40. The number of hydrogen-bond donors (Lipinski definition) is 0. The number of hydrogen-bond acceptors (Lipinski definition) is 6. The SMILES string of the molecule is O=C1[C@@H]2[C@H]3C=C[C@@H]([C@@H]4C[C@H]34)[C@H]2C(=O)N1/N=C\c1ccc(-c2ccc([N+](=O)[O-])cc2Cl)o1. The van der Waals surface area contributed by atoms with Gasteiger partial charge in [0.25, 0.3) is 17.5 Å². The van der Waals surface area contributed by atoms with E-state index in [9.17, 15) is 19.7 Å². The highest BCUT2D eigenvalue weighted by Gasteiger charge is 2.67. The Kier molecular flexibility index (Phi) is 3.80. The molecule has 2 bridgehead atoms. The number of nitrogens with zero attached hydrogens (tertiary/aromatic N) is 3. The molecule has 9 heteroatoms. The van der Waals surface area contributed by atoms with Crippen molar-refractivity contribution >= 4 is 35.3 Å². The minimum absolute atomic E-state index is 0.115. The van der Waals surface area contributed by atoms with Crippen molar-refractivity contribution in [2.75, 3.05) is 0 Å². The molecule has 0 unspecified atom stereocenters. The summed E-state index contributed by atoms with van der Waals surface area (Å²) < 4.78 is 5.71. The number of carbonyl (C=O) groups excluding carboxylic acids is 2. The Hall–Kier alpha value is -3.26. The molecule has 3 fully saturated rings. The Morgan fingerprint density at radius 1 is 1.10 bits per heavy atom. The van der Waals surface area contributed by atoms with E-state index in [2.05, 4.69) is 17.3 Å². The van der Waals surface area contributed by atoms with E-state index in [0.29, 0.717) is 28.9 Å². The van der Waals surface area contributed by atoms with E-state index in [-0.39, 0.29) is 46.2 Å². The highest BCUT2D eigenvalue weighted by molar-refractivity contribution is 6.33. The van der Waals surface area contributed by atoms with Gasteiger partial charge in [-0.1, -0.05) is 23.8 Å². The molecule has 7 rings (SSSR count). The first-order chi connectivity index (χ1) is 14.9. The highest BCUT2D eigenvalue weighted by atomic mass is 35.5. The van der Waals surface area contributed by atoms with Crippen LogP contribution in [0, 0.1) is 45.6 Å². The van der Waals surface area contributed by atoms with Crippen LogP contribution in [-0.2, 0) is 9.59 Å². The first kappa shape index (κ1) is 18.5. The Morgan fingerprint density at radius 2 is 1.77 bits per heavy atom. The molecule has 2 amide bonds. The minimum atomic E-state index is -0.525. The molecular weight excluding hydrogens is 422 g/mol. The molecule has 2 heterocycles. The minimum Gasteiger partial charge on any atom is -0.455 e. The predicted octanol–water partition coefficient (Wildman–Crippen LogP) is 3.90. The van der Waals surface area contributed by atoms with E-state index in [1.54, 1.807) is 12.1 Å². The number of hydrazone groups is 1. The molecule has 8 nitrogen and oxygen atoms in total. The van der Waals surface area contributed by atoms with Gasteiger partial charge in [-0.2, -0.15) is 10.1 Å². The summed E-state index contributed by atoms with van der Waals surface area (Å²) in [6.45, 7) is 0. The third-order valence-corrected chi connectivity index (χ3v) is 7.31. The molecule has 1 aromatic heterocycles. The zero-order valence-corrected chi connectivity index (χ0v) is 16.8. The van der Waals surface area contributed by atoms with Gasteiger partial charge in [0.2, 0.25) is 0 Å². The van der Waals surface area contributed by atoms with Crippen molar-refractivity contribution in [1.29, 1.82) is 0 Å². The van der Waals surface area contributed by atoms with E-state index < -0.39 is 4.92 Å². The summed E-state index contributed by atoms with van der Waals surface area (Å²) in [5, 5.41) is 16.2. The molecule has 156 valence electrons. The number of nitro benzene ring substituents is 1. The second kappa shape index (κ2) is 6.37. The van der Waals surface area contributed by atoms with Crippen LogP contribution < -0.4 is 0 Å². The van der Waals surface area contributed by atoms with E-state index in [1.807, 2.05) is 0 Å². The summed E-state index contributed by atoms with van der Waals surface area (Å²) in [5.41, 5.74) is 0.379. The van der Waals surface area contributed by atoms with Crippen molar-refractivity contribution in [3.63, 3.8) is 0 Å². The van der Waals surface area contributed by atoms with Gasteiger partial charge in [0, 0.05) is 17.7 Å². The van der Waals surface area contributed by atoms with Crippen LogP contribution >= 0.6 is 11.6 Å². The molecular formula is C22H16ClN3O5. The quantitative estimate of drug-likeness (QED) is 0.237. The van der Waals surface area contributed by atoms with Crippen molar-refractivity contribution in [1.82, 2.24) is 5.01 Å². The molecule has 5 aliphatic rings. The fourth-order valence-corrected chi connectivity index (χ4v) is 5.82. The molecule has 0 spiro atoms. The van der Waals surface area contributed by atoms with E-state index in [4.69, 9.17) is 16.0 Å². The highest BCUT2D eigenvalue weighted by Crippen LogP contribution is 2.65. The Balaban J connectivity index is 1.23. The maximum atomic E-state index is 12.9. The lowest BCUT2D eigenvalue weighted by molar-refractivity contribution is -0.384. The molecule has 1 saturated heterocycles. The second-order valence-electron chi connectivity index (χ2n) is 8.51. The second-order valence-corrected chi connectivity index (χ2v) is 8.92. The summed E-state index contributed by atoms with van der Waals surface area (Å²) in [7, 11) is 0. The molecule has 1 aromatic carbocycles. The van der Waals surface area contributed by atoms with Crippen LogP contribution in [0.15, 0.2) is 52.0 Å². The van der Waals surface area contributed by atoms with Gasteiger partial charge in [0.05, 0.1) is 28.0 Å². The molecule has 0 radical (unpaired) electrons. The number of amides is 2. The molecule has 2 saturated carbocycles. The van der Waals surface area contributed by atoms with Crippen LogP contribution in [0.25, 0.3) is 11.3 Å². The number of rotatable bonds is 4. The lowest BCUT2D eigenvalue weighted by atomic mass is 9.63. The number of carbonyl (C=O) groups is 2. The van der Waals surface area contributed by atoms with Crippen molar-refractivity contribution in [2.45, 2.75) is 6.42 Å². The maximum absolute atomic E-state index is 12.9. The number of allylic oxidation sites excluding steroid dienone is 2. The molecule has 1 aliphatic heterocycles. The van der Waals surface area contributed by atoms with Crippen LogP contribution in [0.1, 0.15) is 12.2 Å². The third-order valence-electron chi connectivity index (χ3n) is 7.00. The van der Waals surface area contributed by atoms with Crippen LogP contribution in [0.5, 0.6) is 0 Å². The molecule has 0 N–H and O–H groups in total. The Labute approximate surface area is 181 Å². The van der Waals surface area contributed by atoms with Gasteiger partial charge >= 0.3 is 0 Å². The van der Waals surface area contributed by atoms with Crippen molar-refractivity contribution in [3.8, 4) is 11.3 Å². The van der Waals surface area contributed by atoms with Crippen molar-refractivity contribution in [2.24, 2.45) is 40.6 Å². The van der Waals surface area contributed by atoms with E-state index in [1.165, 1.54) is 24.4 Å². The zero-order chi connectivity index (χ0) is 21.4. The van der Waals surface area contributed by atoms with E-state index >= 15 is 0 Å². The van der Waals surface area contributed by atoms with Gasteiger partial charge in [-0.3, -0.25) is 19.7 Å². The average molecular weight is 438 g/mol. The summed E-state index contributed by atoms with van der Waals surface area (Å²) in [6, 6.07) is 7.39. The van der Waals surface area contributed by atoms with Crippen molar-refractivity contribution in [3.05, 3.63) is 63.4 Å². The van der Waals surface area contributed by atoms with Crippen LogP contribution in [0.4, 0.5) is 5.69 Å². The summed E-state index contributed by atoms with van der Waals surface area (Å²) in [4.78, 5) is 36.2. The van der Waals surface area contributed by atoms with Crippen molar-refractivity contribution < 1.29 is 18.9 Å². The van der Waals surface area contributed by atoms with Crippen LogP contribution in [-0.4, -0.2) is 28.0 Å². The standard InChI is InChI=1S/C22H16ClN3O5/c23-17-7-10(26(29)30)1-3-14(17)18-6-2-11(31-18)9-24-25-21(27)19-12-4-5-13(16-8-15(12)16)20(19)22(25)28/h1-7,9,12-13,15-16,19-20H,8H2/b24-9-/t12-,13-,15-,16+,19+,20+/m0/s1. The largest absolute Gasteiger partial charge is 0.455 e. The lowest BCUT2D eigenvalue weighted by Gasteiger charge is -2.37. The number of halogens is 1.